The van der Waals surface area contributed by atoms with Gasteiger partial charge in [0.2, 0.25) is 0 Å². The Kier molecular flexibility index (Phi) is 35.0. The van der Waals surface area contributed by atoms with Crippen molar-refractivity contribution in [1.82, 2.24) is 4.90 Å². The van der Waals surface area contributed by atoms with Crippen LogP contribution in [0.25, 0.3) is 0 Å². The van der Waals surface area contributed by atoms with Crippen molar-refractivity contribution in [2.24, 2.45) is 11.8 Å². The zero-order valence-corrected chi connectivity index (χ0v) is 39.6. The summed E-state index contributed by atoms with van der Waals surface area (Å²) in [5, 5.41) is 0. The number of unbranched alkanes of at least 4 members (excludes halogenated alkanes) is 19. The first-order chi connectivity index (χ1) is 28.5. The van der Waals surface area contributed by atoms with Crippen molar-refractivity contribution in [2.75, 3.05) is 46.1 Å². The monoisotopic (exact) mass is 820 g/mol. The van der Waals surface area contributed by atoms with Crippen molar-refractivity contribution in [3.8, 4) is 0 Å². The average Bonchev–Trinajstić information content (AvgIpc) is 3.89. The van der Waals surface area contributed by atoms with E-state index in [4.69, 9.17) is 18.9 Å². The number of carbonyl (C=O) groups is 1. The number of hydrogen-bond donors (Lipinski definition) is 0. The van der Waals surface area contributed by atoms with Gasteiger partial charge < -0.3 is 23.8 Å². The van der Waals surface area contributed by atoms with E-state index < -0.39 is 0 Å². The van der Waals surface area contributed by atoms with Crippen molar-refractivity contribution in [1.29, 1.82) is 0 Å². The maximum absolute atomic E-state index is 12.4. The zero-order chi connectivity index (χ0) is 41.6. The molecule has 0 aliphatic carbocycles. The number of ether oxygens (including phenoxy) is 4. The van der Waals surface area contributed by atoms with Gasteiger partial charge in [-0.25, -0.2) is 0 Å². The van der Waals surface area contributed by atoms with E-state index in [1.54, 1.807) is 0 Å². The molecule has 2 aliphatic rings. The van der Waals surface area contributed by atoms with Gasteiger partial charge in [0.05, 0.1) is 19.3 Å². The molecule has 0 bridgehead atoms. The van der Waals surface area contributed by atoms with E-state index in [1.165, 1.54) is 199 Å². The highest BCUT2D eigenvalue weighted by molar-refractivity contribution is 5.69. The van der Waals surface area contributed by atoms with Crippen molar-refractivity contribution in [3.05, 3.63) is 0 Å². The average molecular weight is 820 g/mol. The molecule has 6 heteroatoms. The first-order valence-corrected chi connectivity index (χ1v) is 26.3. The number of hydrogen-bond acceptors (Lipinski definition) is 6. The third kappa shape index (κ3) is 28.8. The summed E-state index contributed by atoms with van der Waals surface area (Å²) in [7, 11) is 0. The fraction of sp³-hybridized carbons (Fsp3) is 0.981. The number of esters is 1. The summed E-state index contributed by atoms with van der Waals surface area (Å²) in [6.07, 6.45) is 45.1. The number of rotatable bonds is 43. The van der Waals surface area contributed by atoms with Crippen molar-refractivity contribution < 1.29 is 23.7 Å². The lowest BCUT2D eigenvalue weighted by Crippen LogP contribution is -2.35. The van der Waals surface area contributed by atoms with Crippen LogP contribution in [0.4, 0.5) is 0 Å². The highest BCUT2D eigenvalue weighted by atomic mass is 16.7. The van der Waals surface area contributed by atoms with Crippen LogP contribution in [-0.4, -0.2) is 68.8 Å². The molecule has 0 N–H and O–H groups in total. The Balaban J connectivity index is 1.56. The summed E-state index contributed by atoms with van der Waals surface area (Å²) in [5.74, 6) is 1.24. The Labute approximate surface area is 362 Å². The van der Waals surface area contributed by atoms with Crippen molar-refractivity contribution in [3.63, 3.8) is 0 Å². The molecule has 58 heavy (non-hydrogen) atoms. The van der Waals surface area contributed by atoms with Gasteiger partial charge in [-0.05, 0) is 76.3 Å². The molecule has 2 unspecified atom stereocenters. The van der Waals surface area contributed by atoms with E-state index in [0.717, 1.165) is 76.7 Å². The van der Waals surface area contributed by atoms with Crippen LogP contribution in [0.15, 0.2) is 0 Å². The molecule has 6 nitrogen and oxygen atoms in total. The number of carbonyl (C=O) groups excluding carboxylic acids is 1. The lowest BCUT2D eigenvalue weighted by molar-refractivity contribution is -0.180. The van der Waals surface area contributed by atoms with Gasteiger partial charge in [0.25, 0.3) is 0 Å². The van der Waals surface area contributed by atoms with Crippen LogP contribution in [0.3, 0.4) is 0 Å². The van der Waals surface area contributed by atoms with Crippen LogP contribution in [-0.2, 0) is 23.7 Å². The van der Waals surface area contributed by atoms with E-state index in [1.807, 2.05) is 0 Å². The fourth-order valence-corrected chi connectivity index (χ4v) is 9.56. The predicted molar refractivity (Wildman–Crippen MR) is 248 cm³/mol. The number of nitrogens with zero attached hydrogens (tertiary/aromatic N) is 1. The van der Waals surface area contributed by atoms with Crippen LogP contribution >= 0.6 is 0 Å². The Hall–Kier alpha value is -0.690. The second-order valence-corrected chi connectivity index (χ2v) is 18.9. The highest BCUT2D eigenvalue weighted by Gasteiger charge is 2.41. The van der Waals surface area contributed by atoms with E-state index in [-0.39, 0.29) is 17.9 Å². The van der Waals surface area contributed by atoms with Crippen molar-refractivity contribution in [2.45, 2.75) is 271 Å². The Morgan fingerprint density at radius 1 is 0.552 bits per heavy atom. The lowest BCUT2D eigenvalue weighted by Gasteiger charge is -2.29. The SMILES string of the molecule is CCCCCC(CCCCC)CCOCCCCCCCCCC1(CCCCCCCCC(=O)OCCC(CCCCC)CCCCC)OCC(CN2CCCC2)O1. The molecule has 0 saturated carbocycles. The van der Waals surface area contributed by atoms with Crippen LogP contribution in [0.5, 0.6) is 0 Å². The molecule has 0 amide bonds. The van der Waals surface area contributed by atoms with Gasteiger partial charge in [-0.3, -0.25) is 4.79 Å². The molecule has 2 rings (SSSR count). The topological polar surface area (TPSA) is 57.2 Å². The van der Waals surface area contributed by atoms with Gasteiger partial charge in [0.1, 0.15) is 0 Å². The van der Waals surface area contributed by atoms with E-state index in [9.17, 15) is 4.79 Å². The Morgan fingerprint density at radius 2 is 1.02 bits per heavy atom. The molecule has 2 heterocycles. The third-order valence-corrected chi connectivity index (χ3v) is 13.4. The van der Waals surface area contributed by atoms with Crippen LogP contribution in [0.2, 0.25) is 0 Å². The zero-order valence-electron chi connectivity index (χ0n) is 39.6. The normalized spacial score (nSPS) is 18.7. The van der Waals surface area contributed by atoms with Gasteiger partial charge in [-0.1, -0.05) is 188 Å². The summed E-state index contributed by atoms with van der Waals surface area (Å²) < 4.78 is 25.2. The summed E-state index contributed by atoms with van der Waals surface area (Å²) in [5.41, 5.74) is 0. The van der Waals surface area contributed by atoms with Gasteiger partial charge in [-0.15, -0.1) is 0 Å². The van der Waals surface area contributed by atoms with Crippen LogP contribution in [0, 0.1) is 11.8 Å². The van der Waals surface area contributed by atoms with Crippen LogP contribution < -0.4 is 0 Å². The minimum Gasteiger partial charge on any atom is -0.466 e. The second-order valence-electron chi connectivity index (χ2n) is 18.9. The summed E-state index contributed by atoms with van der Waals surface area (Å²) in [6, 6.07) is 0. The molecule has 2 saturated heterocycles. The molecule has 344 valence electrons. The summed E-state index contributed by atoms with van der Waals surface area (Å²) in [4.78, 5) is 15.0. The minimum absolute atomic E-state index is 0.0107. The lowest BCUT2D eigenvalue weighted by atomic mass is 9.92. The smallest absolute Gasteiger partial charge is 0.305 e. The summed E-state index contributed by atoms with van der Waals surface area (Å²) >= 11 is 0. The maximum atomic E-state index is 12.4. The first-order valence-electron chi connectivity index (χ1n) is 26.3. The van der Waals surface area contributed by atoms with Gasteiger partial charge >= 0.3 is 5.97 Å². The molecular formula is C52H101NO5. The van der Waals surface area contributed by atoms with E-state index >= 15 is 0 Å². The Bertz CT molecular complexity index is 875. The Morgan fingerprint density at radius 3 is 1.53 bits per heavy atom. The first kappa shape index (κ1) is 53.4. The molecule has 0 spiro atoms. The predicted octanol–water partition coefficient (Wildman–Crippen LogP) is 15.3. The second kappa shape index (κ2) is 38.0. The van der Waals surface area contributed by atoms with Gasteiger partial charge in [0.15, 0.2) is 5.79 Å². The number of likely N-dealkylation sites (tertiary alicyclic amines) is 1. The van der Waals surface area contributed by atoms with Gasteiger partial charge in [-0.2, -0.15) is 0 Å². The molecular weight excluding hydrogens is 719 g/mol. The van der Waals surface area contributed by atoms with E-state index in [2.05, 4.69) is 32.6 Å². The minimum atomic E-state index is -0.374. The standard InChI is InChI=1S/C52H101NO5/c1-5-9-22-32-48(33-23-10-6-2)37-44-55-43-31-21-17-13-15-19-27-39-52(57-47-50(58-52)46-53-41-29-30-42-53)40-28-20-16-14-18-26-36-51(54)56-45-38-49(34-24-11-7-3)35-25-12-8-4/h48-50H,5-47H2,1-4H3. The van der Waals surface area contributed by atoms with Gasteiger partial charge in [0, 0.05) is 39.0 Å². The molecule has 2 atom stereocenters. The maximum Gasteiger partial charge on any atom is 0.305 e. The molecule has 2 fully saturated rings. The molecule has 2 aliphatic heterocycles. The highest BCUT2D eigenvalue weighted by Crippen LogP contribution is 2.35. The third-order valence-electron chi connectivity index (χ3n) is 13.4. The molecule has 0 aromatic heterocycles. The van der Waals surface area contributed by atoms with E-state index in [0.29, 0.717) is 13.0 Å². The van der Waals surface area contributed by atoms with Crippen LogP contribution in [0.1, 0.15) is 259 Å². The largest absolute Gasteiger partial charge is 0.466 e. The summed E-state index contributed by atoms with van der Waals surface area (Å²) in [6.45, 7) is 15.9. The quantitative estimate of drug-likeness (QED) is 0.0451. The molecule has 0 radical (unpaired) electrons. The molecule has 0 aromatic rings. The van der Waals surface area contributed by atoms with Crippen molar-refractivity contribution >= 4 is 5.97 Å². The fourth-order valence-electron chi connectivity index (χ4n) is 9.56. The molecule has 0 aromatic carbocycles.